The standard InChI is InChI=1S/C16H16N4/c1-11(12-6-2-3-7-13(12)17)19-16-10-18-14-8-4-5-9-15(14)20-16/h2-11H,17H2,1H3,(H,19,20). The monoisotopic (exact) mass is 264 g/mol. The van der Waals surface area contributed by atoms with E-state index in [0.717, 1.165) is 28.1 Å². The number of nitrogens with one attached hydrogen (secondary N) is 1. The first-order valence-corrected chi connectivity index (χ1v) is 6.57. The zero-order valence-electron chi connectivity index (χ0n) is 11.2. The largest absolute Gasteiger partial charge is 0.398 e. The number of nitrogens with zero attached hydrogens (tertiary/aromatic N) is 2. The Morgan fingerprint density at radius 3 is 2.50 bits per heavy atom. The van der Waals surface area contributed by atoms with Gasteiger partial charge in [0, 0.05) is 5.69 Å². The van der Waals surface area contributed by atoms with Gasteiger partial charge in [0.05, 0.1) is 23.3 Å². The number of hydrogen-bond donors (Lipinski definition) is 2. The third kappa shape index (κ3) is 2.40. The molecule has 0 radical (unpaired) electrons. The maximum Gasteiger partial charge on any atom is 0.145 e. The highest BCUT2D eigenvalue weighted by Gasteiger charge is 2.09. The molecule has 2 aromatic carbocycles. The lowest BCUT2D eigenvalue weighted by Crippen LogP contribution is -2.10. The first kappa shape index (κ1) is 12.4. The topological polar surface area (TPSA) is 63.8 Å². The van der Waals surface area contributed by atoms with E-state index in [0.29, 0.717) is 0 Å². The summed E-state index contributed by atoms with van der Waals surface area (Å²) in [5.41, 5.74) is 9.60. The molecule has 0 aliphatic heterocycles. The Labute approximate surface area is 117 Å². The lowest BCUT2D eigenvalue weighted by Gasteiger charge is -2.16. The lowest BCUT2D eigenvalue weighted by molar-refractivity contribution is 0.877. The average Bonchev–Trinajstić information content (AvgIpc) is 2.47. The zero-order valence-corrected chi connectivity index (χ0v) is 11.2. The summed E-state index contributed by atoms with van der Waals surface area (Å²) in [7, 11) is 0. The Bertz CT molecular complexity index is 739. The van der Waals surface area contributed by atoms with Crippen LogP contribution in [0.4, 0.5) is 11.5 Å². The normalized spacial score (nSPS) is 12.2. The molecule has 0 saturated carbocycles. The van der Waals surface area contributed by atoms with Crippen LogP contribution in [0.15, 0.2) is 54.7 Å². The number of nitrogens with two attached hydrogens (primary N) is 1. The summed E-state index contributed by atoms with van der Waals surface area (Å²) < 4.78 is 0. The van der Waals surface area contributed by atoms with Crippen molar-refractivity contribution < 1.29 is 0 Å². The molecule has 1 unspecified atom stereocenters. The molecule has 1 aromatic heterocycles. The van der Waals surface area contributed by atoms with Crippen LogP contribution in [-0.4, -0.2) is 9.97 Å². The minimum absolute atomic E-state index is 0.0756. The highest BCUT2D eigenvalue weighted by atomic mass is 15.0. The Morgan fingerprint density at radius 1 is 1.00 bits per heavy atom. The second-order valence-electron chi connectivity index (χ2n) is 4.74. The number of aromatic nitrogens is 2. The lowest BCUT2D eigenvalue weighted by atomic mass is 10.1. The molecule has 0 amide bonds. The van der Waals surface area contributed by atoms with Gasteiger partial charge in [0.1, 0.15) is 5.82 Å². The van der Waals surface area contributed by atoms with Crippen molar-refractivity contribution in [3.8, 4) is 0 Å². The van der Waals surface area contributed by atoms with Gasteiger partial charge < -0.3 is 11.1 Å². The summed E-state index contributed by atoms with van der Waals surface area (Å²) in [6.45, 7) is 2.06. The molecular weight excluding hydrogens is 248 g/mol. The van der Waals surface area contributed by atoms with Crippen LogP contribution in [0, 0.1) is 0 Å². The van der Waals surface area contributed by atoms with Gasteiger partial charge in [-0.3, -0.25) is 4.98 Å². The predicted molar refractivity (Wildman–Crippen MR) is 82.4 cm³/mol. The van der Waals surface area contributed by atoms with E-state index in [1.165, 1.54) is 0 Å². The first-order valence-electron chi connectivity index (χ1n) is 6.57. The van der Waals surface area contributed by atoms with Crippen molar-refractivity contribution in [2.45, 2.75) is 13.0 Å². The maximum absolute atomic E-state index is 5.99. The van der Waals surface area contributed by atoms with Crippen LogP contribution in [0.3, 0.4) is 0 Å². The van der Waals surface area contributed by atoms with Crippen LogP contribution in [0.2, 0.25) is 0 Å². The molecule has 0 aliphatic carbocycles. The van der Waals surface area contributed by atoms with Crippen LogP contribution in [0.1, 0.15) is 18.5 Å². The quantitative estimate of drug-likeness (QED) is 0.712. The molecule has 3 rings (SSSR count). The highest BCUT2D eigenvalue weighted by Crippen LogP contribution is 2.23. The van der Waals surface area contributed by atoms with Gasteiger partial charge in [0.2, 0.25) is 0 Å². The van der Waals surface area contributed by atoms with E-state index in [4.69, 9.17) is 5.73 Å². The molecule has 1 heterocycles. The Kier molecular flexibility index (Phi) is 3.21. The van der Waals surface area contributed by atoms with Crippen molar-refractivity contribution in [1.82, 2.24) is 9.97 Å². The zero-order chi connectivity index (χ0) is 13.9. The van der Waals surface area contributed by atoms with Crippen LogP contribution in [0.5, 0.6) is 0 Å². The van der Waals surface area contributed by atoms with Crippen molar-refractivity contribution in [2.75, 3.05) is 11.1 Å². The van der Waals surface area contributed by atoms with Crippen LogP contribution >= 0.6 is 0 Å². The number of hydrogen-bond acceptors (Lipinski definition) is 4. The van der Waals surface area contributed by atoms with E-state index in [1.54, 1.807) is 6.20 Å². The fourth-order valence-corrected chi connectivity index (χ4v) is 2.23. The molecular formula is C16H16N4. The smallest absolute Gasteiger partial charge is 0.145 e. The number of benzene rings is 2. The molecule has 0 spiro atoms. The van der Waals surface area contributed by atoms with Gasteiger partial charge in [-0.1, -0.05) is 30.3 Å². The van der Waals surface area contributed by atoms with E-state index >= 15 is 0 Å². The van der Waals surface area contributed by atoms with Crippen LogP contribution in [0.25, 0.3) is 11.0 Å². The van der Waals surface area contributed by atoms with E-state index in [1.807, 2.05) is 48.5 Å². The van der Waals surface area contributed by atoms with E-state index in [-0.39, 0.29) is 6.04 Å². The second kappa shape index (κ2) is 5.17. The predicted octanol–water partition coefficient (Wildman–Crippen LogP) is 3.39. The van der Waals surface area contributed by atoms with Crippen LogP contribution in [-0.2, 0) is 0 Å². The molecule has 4 nitrogen and oxygen atoms in total. The minimum Gasteiger partial charge on any atom is -0.398 e. The number of anilines is 2. The van der Waals surface area contributed by atoms with Crippen molar-refractivity contribution in [3.05, 3.63) is 60.3 Å². The maximum atomic E-state index is 5.99. The molecule has 3 N–H and O–H groups in total. The van der Waals surface area contributed by atoms with E-state index in [2.05, 4.69) is 22.2 Å². The van der Waals surface area contributed by atoms with Crippen molar-refractivity contribution >= 4 is 22.5 Å². The fourth-order valence-electron chi connectivity index (χ4n) is 2.23. The summed E-state index contributed by atoms with van der Waals surface area (Å²) in [5.74, 6) is 0.749. The average molecular weight is 264 g/mol. The molecule has 0 fully saturated rings. The molecule has 0 aliphatic rings. The molecule has 0 saturated heterocycles. The Hall–Kier alpha value is -2.62. The van der Waals surface area contributed by atoms with Gasteiger partial charge in [-0.05, 0) is 30.7 Å². The number of nitrogen functional groups attached to an aromatic ring is 1. The van der Waals surface area contributed by atoms with Crippen molar-refractivity contribution in [3.63, 3.8) is 0 Å². The summed E-state index contributed by atoms with van der Waals surface area (Å²) in [6, 6.07) is 15.7. The van der Waals surface area contributed by atoms with Gasteiger partial charge >= 0.3 is 0 Å². The van der Waals surface area contributed by atoms with E-state index in [9.17, 15) is 0 Å². The Morgan fingerprint density at radius 2 is 1.70 bits per heavy atom. The second-order valence-corrected chi connectivity index (χ2v) is 4.74. The SMILES string of the molecule is CC(Nc1cnc2ccccc2n1)c1ccccc1N. The first-order chi connectivity index (χ1) is 9.74. The molecule has 1 atom stereocenters. The minimum atomic E-state index is 0.0756. The fraction of sp³-hybridized carbons (Fsp3) is 0.125. The highest BCUT2D eigenvalue weighted by molar-refractivity contribution is 5.75. The molecule has 4 heteroatoms. The van der Waals surface area contributed by atoms with Gasteiger partial charge in [-0.25, -0.2) is 4.98 Å². The van der Waals surface area contributed by atoms with Gasteiger partial charge in [0.15, 0.2) is 0 Å². The summed E-state index contributed by atoms with van der Waals surface area (Å²) >= 11 is 0. The summed E-state index contributed by atoms with van der Waals surface area (Å²) in [4.78, 5) is 8.95. The summed E-state index contributed by atoms with van der Waals surface area (Å²) in [6.07, 6.45) is 1.75. The number of fused-ring (bicyclic) bond motifs is 1. The van der Waals surface area contributed by atoms with Gasteiger partial charge in [-0.15, -0.1) is 0 Å². The summed E-state index contributed by atoms with van der Waals surface area (Å²) in [5, 5.41) is 3.34. The third-order valence-electron chi connectivity index (χ3n) is 3.28. The van der Waals surface area contributed by atoms with Gasteiger partial charge in [-0.2, -0.15) is 0 Å². The third-order valence-corrected chi connectivity index (χ3v) is 3.28. The Balaban J connectivity index is 1.87. The van der Waals surface area contributed by atoms with Crippen molar-refractivity contribution in [1.29, 1.82) is 0 Å². The van der Waals surface area contributed by atoms with Crippen molar-refractivity contribution in [2.24, 2.45) is 0 Å². The van der Waals surface area contributed by atoms with E-state index < -0.39 is 0 Å². The van der Waals surface area contributed by atoms with Gasteiger partial charge in [0.25, 0.3) is 0 Å². The molecule has 3 aromatic rings. The molecule has 0 bridgehead atoms. The molecule has 20 heavy (non-hydrogen) atoms. The number of rotatable bonds is 3. The number of para-hydroxylation sites is 3. The van der Waals surface area contributed by atoms with Crippen LogP contribution < -0.4 is 11.1 Å². The molecule has 100 valence electrons.